The first-order valence-electron chi connectivity index (χ1n) is 17.5. The lowest BCUT2D eigenvalue weighted by Gasteiger charge is -2.35. The molecule has 2 heteroatoms. The Morgan fingerprint density at radius 1 is 0.353 bits per heavy atom. The van der Waals surface area contributed by atoms with E-state index in [0.717, 1.165) is 28.1 Å². The van der Waals surface area contributed by atoms with Crippen molar-refractivity contribution in [3.8, 4) is 45.0 Å². The summed E-state index contributed by atoms with van der Waals surface area (Å²) in [7, 11) is 0. The fraction of sp³-hybridized carbons (Fsp3) is 0.0204. The normalized spacial score (nSPS) is 14.7. The lowest BCUT2D eigenvalue weighted by atomic mass is 9.66. The van der Waals surface area contributed by atoms with Crippen LogP contribution in [0.3, 0.4) is 0 Å². The number of hydrogen-bond acceptors (Lipinski definition) is 2. The molecule has 1 aliphatic carbocycles. The Morgan fingerprint density at radius 2 is 0.922 bits per heavy atom. The Kier molecular flexibility index (Phi) is 6.75. The van der Waals surface area contributed by atoms with E-state index in [-0.39, 0.29) is 0 Å². The van der Waals surface area contributed by atoms with E-state index in [1.165, 1.54) is 54.9 Å². The number of fused-ring (bicyclic) bond motifs is 7. The molecule has 2 nitrogen and oxygen atoms in total. The average molecular weight is 649 g/mol. The quantitative estimate of drug-likeness (QED) is 0.174. The highest BCUT2D eigenvalue weighted by atomic mass is 14.9. The van der Waals surface area contributed by atoms with Crippen LogP contribution in [-0.4, -0.2) is 9.97 Å². The van der Waals surface area contributed by atoms with Crippen molar-refractivity contribution in [2.24, 2.45) is 0 Å². The predicted octanol–water partition coefficient (Wildman–Crippen LogP) is 12.1. The first kappa shape index (κ1) is 29.3. The molecule has 0 aliphatic heterocycles. The Bertz CT molecular complexity index is 2660. The molecule has 1 heterocycles. The molecule has 10 rings (SSSR count). The van der Waals surface area contributed by atoms with E-state index in [1.54, 1.807) is 0 Å². The minimum atomic E-state index is -0.532. The summed E-state index contributed by atoms with van der Waals surface area (Å²) in [5, 5.41) is 5.08. The first-order valence-corrected chi connectivity index (χ1v) is 17.5. The van der Waals surface area contributed by atoms with Gasteiger partial charge in [0.2, 0.25) is 0 Å². The van der Waals surface area contributed by atoms with Crippen LogP contribution in [0.15, 0.2) is 194 Å². The summed E-state index contributed by atoms with van der Waals surface area (Å²) in [5.41, 5.74) is 12.0. The highest BCUT2D eigenvalue weighted by Crippen LogP contribution is 2.58. The second-order valence-electron chi connectivity index (χ2n) is 13.3. The second-order valence-corrected chi connectivity index (χ2v) is 13.3. The maximum absolute atomic E-state index is 5.13. The molecule has 0 saturated carbocycles. The van der Waals surface area contributed by atoms with Gasteiger partial charge in [0, 0.05) is 16.7 Å². The van der Waals surface area contributed by atoms with Gasteiger partial charge in [-0.1, -0.05) is 188 Å². The van der Waals surface area contributed by atoms with Crippen molar-refractivity contribution in [3.05, 3.63) is 216 Å². The van der Waals surface area contributed by atoms with Gasteiger partial charge in [-0.15, -0.1) is 0 Å². The van der Waals surface area contributed by atoms with Crippen LogP contribution in [0.1, 0.15) is 22.3 Å². The third kappa shape index (κ3) is 4.57. The van der Waals surface area contributed by atoms with Gasteiger partial charge in [0.15, 0.2) is 5.82 Å². The summed E-state index contributed by atoms with van der Waals surface area (Å²) < 4.78 is 0. The molecule has 1 aliphatic rings. The molecule has 0 bridgehead atoms. The minimum Gasteiger partial charge on any atom is -0.228 e. The number of aromatic nitrogens is 2. The maximum Gasteiger partial charge on any atom is 0.160 e. The molecule has 1 atom stereocenters. The van der Waals surface area contributed by atoms with Crippen LogP contribution in [0.2, 0.25) is 0 Å². The van der Waals surface area contributed by atoms with Gasteiger partial charge < -0.3 is 0 Å². The van der Waals surface area contributed by atoms with Crippen LogP contribution in [0.25, 0.3) is 66.6 Å². The van der Waals surface area contributed by atoms with Crippen molar-refractivity contribution < 1.29 is 0 Å². The smallest absolute Gasteiger partial charge is 0.160 e. The molecule has 238 valence electrons. The van der Waals surface area contributed by atoms with Crippen molar-refractivity contribution in [1.82, 2.24) is 9.97 Å². The first-order chi connectivity index (χ1) is 25.3. The van der Waals surface area contributed by atoms with Gasteiger partial charge in [0.05, 0.1) is 16.8 Å². The fourth-order valence-electron chi connectivity index (χ4n) is 8.31. The zero-order valence-electron chi connectivity index (χ0n) is 27.9. The highest BCUT2D eigenvalue weighted by molar-refractivity contribution is 6.12. The molecular weight excluding hydrogens is 617 g/mol. The standard InChI is InChI=1S/C49H32N2/c1-4-15-34(16-5-1)45-32-46(35-17-6-2-7-18-35)51-48(50-45)36-24-27-38(28-25-36)49(37-19-8-3-9-20-37)44-23-13-12-22-41(44)43-31-30-40-39-21-11-10-14-33(39)26-29-42(40)47(43)49/h1-32H. The summed E-state index contributed by atoms with van der Waals surface area (Å²) in [6.45, 7) is 0. The Morgan fingerprint density at radius 3 is 1.63 bits per heavy atom. The van der Waals surface area contributed by atoms with Crippen LogP contribution < -0.4 is 0 Å². The van der Waals surface area contributed by atoms with Crippen LogP contribution in [-0.2, 0) is 5.41 Å². The topological polar surface area (TPSA) is 25.8 Å². The van der Waals surface area contributed by atoms with Gasteiger partial charge in [0.25, 0.3) is 0 Å². The van der Waals surface area contributed by atoms with Gasteiger partial charge >= 0.3 is 0 Å². The van der Waals surface area contributed by atoms with Crippen LogP contribution in [0, 0.1) is 0 Å². The second kappa shape index (κ2) is 11.8. The van der Waals surface area contributed by atoms with Crippen LogP contribution in [0.4, 0.5) is 0 Å². The van der Waals surface area contributed by atoms with Gasteiger partial charge in [-0.25, -0.2) is 9.97 Å². The monoisotopic (exact) mass is 648 g/mol. The van der Waals surface area contributed by atoms with Gasteiger partial charge in [-0.05, 0) is 61.0 Å². The molecule has 9 aromatic rings. The molecule has 1 aromatic heterocycles. The van der Waals surface area contributed by atoms with Crippen LogP contribution >= 0.6 is 0 Å². The molecule has 51 heavy (non-hydrogen) atoms. The largest absolute Gasteiger partial charge is 0.228 e. The van der Waals surface area contributed by atoms with Crippen molar-refractivity contribution in [2.45, 2.75) is 5.41 Å². The fourth-order valence-corrected chi connectivity index (χ4v) is 8.31. The Labute approximate surface area is 297 Å². The number of rotatable bonds is 5. The summed E-state index contributed by atoms with van der Waals surface area (Å²) in [6, 6.07) is 69.8. The molecule has 1 unspecified atom stereocenters. The molecule has 0 N–H and O–H groups in total. The van der Waals surface area contributed by atoms with E-state index in [0.29, 0.717) is 5.82 Å². The molecule has 8 aromatic carbocycles. The molecule has 0 radical (unpaired) electrons. The van der Waals surface area contributed by atoms with Crippen LogP contribution in [0.5, 0.6) is 0 Å². The van der Waals surface area contributed by atoms with E-state index in [9.17, 15) is 0 Å². The molecular formula is C49H32N2. The van der Waals surface area contributed by atoms with E-state index in [2.05, 4.69) is 182 Å². The zero-order chi connectivity index (χ0) is 33.8. The molecule has 0 spiro atoms. The van der Waals surface area contributed by atoms with E-state index >= 15 is 0 Å². The summed E-state index contributed by atoms with van der Waals surface area (Å²) in [6.07, 6.45) is 0. The Hall–Kier alpha value is -6.64. The SMILES string of the molecule is c1ccc(-c2cc(-c3ccccc3)nc(-c3ccc(C4(c5ccccc5)c5ccccc5-c5ccc6c(ccc7ccccc76)c54)cc3)n2)cc1. The molecule has 0 amide bonds. The maximum atomic E-state index is 5.13. The zero-order valence-corrected chi connectivity index (χ0v) is 27.9. The summed E-state index contributed by atoms with van der Waals surface area (Å²) in [4.78, 5) is 10.3. The highest BCUT2D eigenvalue weighted by Gasteiger charge is 2.47. The van der Waals surface area contributed by atoms with Crippen molar-refractivity contribution in [2.75, 3.05) is 0 Å². The molecule has 0 saturated heterocycles. The summed E-state index contributed by atoms with van der Waals surface area (Å²) >= 11 is 0. The lowest BCUT2D eigenvalue weighted by Crippen LogP contribution is -2.28. The number of hydrogen-bond donors (Lipinski definition) is 0. The lowest BCUT2D eigenvalue weighted by molar-refractivity contribution is 0.775. The van der Waals surface area contributed by atoms with E-state index in [4.69, 9.17) is 9.97 Å². The van der Waals surface area contributed by atoms with Gasteiger partial charge in [-0.2, -0.15) is 0 Å². The van der Waals surface area contributed by atoms with Gasteiger partial charge in [0.1, 0.15) is 0 Å². The number of benzene rings is 8. The van der Waals surface area contributed by atoms with E-state index in [1.807, 2.05) is 12.1 Å². The minimum absolute atomic E-state index is 0.532. The van der Waals surface area contributed by atoms with Crippen molar-refractivity contribution in [1.29, 1.82) is 0 Å². The van der Waals surface area contributed by atoms with Gasteiger partial charge in [-0.3, -0.25) is 0 Å². The number of nitrogens with zero attached hydrogens (tertiary/aromatic N) is 2. The van der Waals surface area contributed by atoms with E-state index < -0.39 is 5.41 Å². The summed E-state index contributed by atoms with van der Waals surface area (Å²) in [5.74, 6) is 0.708. The molecule has 0 fully saturated rings. The van der Waals surface area contributed by atoms with Crippen molar-refractivity contribution in [3.63, 3.8) is 0 Å². The third-order valence-corrected chi connectivity index (χ3v) is 10.6. The Balaban J connectivity index is 1.22. The third-order valence-electron chi connectivity index (χ3n) is 10.6. The predicted molar refractivity (Wildman–Crippen MR) is 211 cm³/mol. The van der Waals surface area contributed by atoms with Crippen molar-refractivity contribution >= 4 is 21.5 Å². The average Bonchev–Trinajstić information content (AvgIpc) is 3.53.